The van der Waals surface area contributed by atoms with Crippen molar-refractivity contribution in [3.63, 3.8) is 0 Å². The van der Waals surface area contributed by atoms with Gasteiger partial charge in [-0.15, -0.1) is 11.6 Å². The summed E-state index contributed by atoms with van der Waals surface area (Å²) in [4.78, 5) is 0. The number of hydrogen-bond donors (Lipinski definition) is 0. The molecule has 0 aromatic heterocycles. The Hall–Kier alpha value is -1.13. The van der Waals surface area contributed by atoms with Gasteiger partial charge in [0.05, 0.1) is 12.5 Å². The van der Waals surface area contributed by atoms with Crippen LogP contribution in [0, 0.1) is 11.6 Å². The lowest BCUT2D eigenvalue weighted by molar-refractivity contribution is 0.414. The van der Waals surface area contributed by atoms with E-state index in [1.165, 1.54) is 12.1 Å². The van der Waals surface area contributed by atoms with Crippen LogP contribution in [0.4, 0.5) is 8.78 Å². The van der Waals surface area contributed by atoms with E-state index in [1.807, 2.05) is 0 Å². The highest BCUT2D eigenvalue weighted by Crippen LogP contribution is 2.37. The normalized spacial score (nSPS) is 12.3. The maximum atomic E-state index is 13.7. The molecule has 1 atom stereocenters. The Morgan fingerprint density at radius 3 is 2.53 bits per heavy atom. The Labute approximate surface area is 123 Å². The van der Waals surface area contributed by atoms with Crippen LogP contribution in [0.25, 0.3) is 0 Å². The predicted octanol–water partition coefficient (Wildman–Crippen LogP) is 5.06. The lowest BCUT2D eigenvalue weighted by atomic mass is 10.0. The number of ether oxygens (including phenoxy) is 1. The van der Waals surface area contributed by atoms with Crippen LogP contribution in [0.1, 0.15) is 16.5 Å². The summed E-state index contributed by atoms with van der Waals surface area (Å²) in [7, 11) is 1.55. The van der Waals surface area contributed by atoms with E-state index >= 15 is 0 Å². The second-order valence-electron chi connectivity index (χ2n) is 3.89. The van der Waals surface area contributed by atoms with Gasteiger partial charge in [-0.05, 0) is 23.8 Å². The summed E-state index contributed by atoms with van der Waals surface area (Å²) >= 11 is 9.58. The zero-order valence-corrected chi connectivity index (χ0v) is 12.3. The van der Waals surface area contributed by atoms with Crippen molar-refractivity contribution < 1.29 is 13.5 Å². The highest BCUT2D eigenvalue weighted by molar-refractivity contribution is 9.10. The molecule has 5 heteroatoms. The summed E-state index contributed by atoms with van der Waals surface area (Å²) in [5.74, 6) is -1.18. The van der Waals surface area contributed by atoms with Crippen molar-refractivity contribution in [3.8, 4) is 5.75 Å². The molecule has 0 saturated heterocycles. The Kier molecular flexibility index (Phi) is 4.42. The third-order valence-electron chi connectivity index (χ3n) is 2.74. The molecule has 0 aliphatic carbocycles. The van der Waals surface area contributed by atoms with Crippen LogP contribution in [-0.2, 0) is 0 Å². The third kappa shape index (κ3) is 2.90. The Balaban J connectivity index is 2.44. The molecule has 100 valence electrons. The first-order chi connectivity index (χ1) is 9.04. The van der Waals surface area contributed by atoms with Gasteiger partial charge in [0, 0.05) is 10.0 Å². The van der Waals surface area contributed by atoms with Crippen LogP contribution in [-0.4, -0.2) is 7.11 Å². The SMILES string of the molecule is COc1ccc(C(Cl)c2cccc(F)c2F)c(Br)c1. The van der Waals surface area contributed by atoms with Crippen molar-refractivity contribution >= 4 is 27.5 Å². The molecule has 0 heterocycles. The van der Waals surface area contributed by atoms with Gasteiger partial charge in [0.15, 0.2) is 11.6 Å². The summed E-state index contributed by atoms with van der Waals surface area (Å²) in [6, 6.07) is 9.11. The zero-order valence-electron chi connectivity index (χ0n) is 9.96. The molecule has 0 radical (unpaired) electrons. The second kappa shape index (κ2) is 5.88. The van der Waals surface area contributed by atoms with Crippen LogP contribution < -0.4 is 4.74 Å². The van der Waals surface area contributed by atoms with Gasteiger partial charge in [-0.2, -0.15) is 0 Å². The van der Waals surface area contributed by atoms with Crippen molar-refractivity contribution in [2.45, 2.75) is 5.38 Å². The number of alkyl halides is 1. The van der Waals surface area contributed by atoms with Crippen LogP contribution in [0.5, 0.6) is 5.75 Å². The fourth-order valence-corrected chi connectivity index (χ4v) is 2.80. The van der Waals surface area contributed by atoms with E-state index in [2.05, 4.69) is 15.9 Å². The molecule has 0 aliphatic heterocycles. The summed E-state index contributed by atoms with van der Waals surface area (Å²) in [6.07, 6.45) is 0. The Morgan fingerprint density at radius 2 is 1.89 bits per heavy atom. The van der Waals surface area contributed by atoms with E-state index in [0.717, 1.165) is 6.07 Å². The molecule has 0 spiro atoms. The van der Waals surface area contributed by atoms with E-state index in [9.17, 15) is 8.78 Å². The van der Waals surface area contributed by atoms with Crippen molar-refractivity contribution in [1.82, 2.24) is 0 Å². The first-order valence-electron chi connectivity index (χ1n) is 5.46. The molecule has 0 aliphatic rings. The molecule has 19 heavy (non-hydrogen) atoms. The molecule has 0 saturated carbocycles. The van der Waals surface area contributed by atoms with Gasteiger partial charge < -0.3 is 4.74 Å². The number of methoxy groups -OCH3 is 1. The molecule has 0 bridgehead atoms. The molecule has 1 nitrogen and oxygen atoms in total. The van der Waals surface area contributed by atoms with Crippen molar-refractivity contribution in [3.05, 3.63) is 63.6 Å². The number of hydrogen-bond acceptors (Lipinski definition) is 1. The summed E-state index contributed by atoms with van der Waals surface area (Å²) in [6.45, 7) is 0. The molecule has 2 aromatic rings. The van der Waals surface area contributed by atoms with Gasteiger partial charge >= 0.3 is 0 Å². The fraction of sp³-hybridized carbons (Fsp3) is 0.143. The second-order valence-corrected chi connectivity index (χ2v) is 5.18. The summed E-state index contributed by atoms with van der Waals surface area (Å²) in [5, 5.41) is -0.781. The Bertz CT molecular complexity index is 604. The third-order valence-corrected chi connectivity index (χ3v) is 3.89. The lowest BCUT2D eigenvalue weighted by Crippen LogP contribution is -2.00. The molecule has 0 fully saturated rings. The molecule has 2 aromatic carbocycles. The summed E-state index contributed by atoms with van der Waals surface area (Å²) < 4.78 is 32.7. The van der Waals surface area contributed by atoms with Gasteiger partial charge in [-0.25, -0.2) is 8.78 Å². The molecule has 1 unspecified atom stereocenters. The molecular formula is C14H10BrClF2O. The van der Waals surface area contributed by atoms with E-state index in [0.29, 0.717) is 15.8 Å². The molecule has 0 amide bonds. The van der Waals surface area contributed by atoms with E-state index in [-0.39, 0.29) is 5.56 Å². The highest BCUT2D eigenvalue weighted by atomic mass is 79.9. The van der Waals surface area contributed by atoms with Gasteiger partial charge in [0.1, 0.15) is 5.75 Å². The summed E-state index contributed by atoms with van der Waals surface area (Å²) in [5.41, 5.74) is 0.750. The smallest absolute Gasteiger partial charge is 0.163 e. The van der Waals surface area contributed by atoms with E-state index in [1.54, 1.807) is 25.3 Å². The highest BCUT2D eigenvalue weighted by Gasteiger charge is 2.20. The monoisotopic (exact) mass is 346 g/mol. The van der Waals surface area contributed by atoms with Gasteiger partial charge in [-0.3, -0.25) is 0 Å². The molecule has 2 rings (SSSR count). The van der Waals surface area contributed by atoms with E-state index in [4.69, 9.17) is 16.3 Å². The molecule has 0 N–H and O–H groups in total. The quantitative estimate of drug-likeness (QED) is 0.705. The average molecular weight is 348 g/mol. The van der Waals surface area contributed by atoms with Crippen molar-refractivity contribution in [2.24, 2.45) is 0 Å². The first kappa shape index (κ1) is 14.3. The minimum atomic E-state index is -0.926. The number of benzene rings is 2. The van der Waals surface area contributed by atoms with Gasteiger partial charge in [0.25, 0.3) is 0 Å². The predicted molar refractivity (Wildman–Crippen MR) is 74.7 cm³/mol. The minimum absolute atomic E-state index is 0.104. The fourth-order valence-electron chi connectivity index (χ4n) is 1.72. The van der Waals surface area contributed by atoms with Crippen molar-refractivity contribution in [1.29, 1.82) is 0 Å². The zero-order chi connectivity index (χ0) is 14.0. The van der Waals surface area contributed by atoms with Crippen molar-refractivity contribution in [2.75, 3.05) is 7.11 Å². The van der Waals surface area contributed by atoms with Gasteiger partial charge in [0.2, 0.25) is 0 Å². The van der Waals surface area contributed by atoms with Crippen LogP contribution in [0.3, 0.4) is 0 Å². The maximum absolute atomic E-state index is 13.7. The number of rotatable bonds is 3. The lowest BCUT2D eigenvalue weighted by Gasteiger charge is -2.14. The van der Waals surface area contributed by atoms with Gasteiger partial charge in [-0.1, -0.05) is 34.1 Å². The maximum Gasteiger partial charge on any atom is 0.163 e. The van der Waals surface area contributed by atoms with Crippen LogP contribution in [0.2, 0.25) is 0 Å². The number of halogens is 4. The topological polar surface area (TPSA) is 9.23 Å². The van der Waals surface area contributed by atoms with Crippen LogP contribution in [0.15, 0.2) is 40.9 Å². The average Bonchev–Trinajstić information content (AvgIpc) is 2.41. The Morgan fingerprint density at radius 1 is 1.16 bits per heavy atom. The first-order valence-corrected chi connectivity index (χ1v) is 6.69. The largest absolute Gasteiger partial charge is 0.497 e. The standard InChI is InChI=1S/C14H10BrClF2O/c1-19-8-5-6-9(11(15)7-8)13(16)10-3-2-4-12(17)14(10)18/h2-7,13H,1H3. The van der Waals surface area contributed by atoms with E-state index < -0.39 is 17.0 Å². The van der Waals surface area contributed by atoms with Crippen LogP contribution >= 0.6 is 27.5 Å². The minimum Gasteiger partial charge on any atom is -0.497 e. The molecular weight excluding hydrogens is 338 g/mol.